The van der Waals surface area contributed by atoms with Crippen molar-refractivity contribution in [3.8, 4) is 0 Å². The molecule has 0 amide bonds. The minimum atomic E-state index is -1.82. The smallest absolute Gasteiger partial charge is 0.414 e. The van der Waals surface area contributed by atoms with Gasteiger partial charge in [0.2, 0.25) is 0 Å². The number of likely N-dealkylation sites (tertiary alicyclic amines) is 2. The number of carboxylic acid groups (broad SMARTS) is 2. The molecule has 2 aromatic heterocycles. The van der Waals surface area contributed by atoms with Crippen LogP contribution in [0.15, 0.2) is 59.3 Å². The summed E-state index contributed by atoms with van der Waals surface area (Å²) in [5.74, 6) is -3.65. The molecule has 0 bridgehead atoms. The van der Waals surface area contributed by atoms with Gasteiger partial charge in [0.25, 0.3) is 0 Å². The number of ether oxygens (including phenoxy) is 2. The van der Waals surface area contributed by atoms with Crippen molar-refractivity contribution in [1.29, 1.82) is 0 Å². The summed E-state index contributed by atoms with van der Waals surface area (Å²) in [5, 5.41) is 59.4. The summed E-state index contributed by atoms with van der Waals surface area (Å²) in [4.78, 5) is 22.3. The number of hydrogen-bond acceptors (Lipinski definition) is 12. The number of aliphatic carboxylic acids is 2. The molecular formula is C34H44N2O10S2. The quantitative estimate of drug-likeness (QED) is 0.0936. The number of β-amino-alcohol motifs (C(OH)–C–C–N with tert-alkyl or cyclic N) is 4. The van der Waals surface area contributed by atoms with Gasteiger partial charge in [-0.1, -0.05) is 24.3 Å². The number of benzene rings is 2. The zero-order valence-electron chi connectivity index (χ0n) is 26.6. The van der Waals surface area contributed by atoms with Crippen molar-refractivity contribution in [2.24, 2.45) is 0 Å². The van der Waals surface area contributed by atoms with Gasteiger partial charge in [0.05, 0.1) is 50.8 Å². The van der Waals surface area contributed by atoms with Crippen molar-refractivity contribution >= 4 is 54.8 Å². The largest absolute Gasteiger partial charge is 0.473 e. The number of carbonyl (C=O) groups is 2. The standard InChI is InChI=1S/2C16H21NO3S.C2H2O4/c2*18-14-10-17(11-15(14)19)5-7-20-6-3-12-1-2-16-13(9-12)4-8-21-16;3-1(4)2(5)6/h2*1-2,4,8-9,14-15,18-19H,3,5-7,10-11H2;(H,3,4)(H,5,6)/t2*14-,15-;/m11./s1. The molecule has 4 atom stereocenters. The van der Waals surface area contributed by atoms with E-state index < -0.39 is 36.4 Å². The Morgan fingerprint density at radius 3 is 1.33 bits per heavy atom. The lowest BCUT2D eigenvalue weighted by molar-refractivity contribution is -0.159. The fourth-order valence-electron chi connectivity index (χ4n) is 5.37. The molecule has 14 heteroatoms. The molecule has 2 aliphatic rings. The number of fused-ring (bicyclic) bond motifs is 2. The highest BCUT2D eigenvalue weighted by molar-refractivity contribution is 7.17. The lowest BCUT2D eigenvalue weighted by Gasteiger charge is -2.14. The van der Waals surface area contributed by atoms with E-state index in [1.807, 2.05) is 9.80 Å². The lowest BCUT2D eigenvalue weighted by atomic mass is 10.1. The molecule has 6 rings (SSSR count). The van der Waals surface area contributed by atoms with Crippen LogP contribution in [0.25, 0.3) is 20.2 Å². The molecular weight excluding hydrogens is 661 g/mol. The summed E-state index contributed by atoms with van der Waals surface area (Å²) in [5.41, 5.74) is 2.60. The van der Waals surface area contributed by atoms with Gasteiger partial charge in [0.1, 0.15) is 0 Å². The normalized spacial score (nSPS) is 21.2. The van der Waals surface area contributed by atoms with Crippen LogP contribution in [0.2, 0.25) is 0 Å². The van der Waals surface area contributed by atoms with E-state index in [2.05, 4.69) is 59.3 Å². The Bertz CT molecular complexity index is 1440. The maximum Gasteiger partial charge on any atom is 0.414 e. The Labute approximate surface area is 287 Å². The summed E-state index contributed by atoms with van der Waals surface area (Å²) < 4.78 is 14.0. The summed E-state index contributed by atoms with van der Waals surface area (Å²) >= 11 is 3.53. The van der Waals surface area contributed by atoms with Crippen molar-refractivity contribution in [2.75, 3.05) is 65.7 Å². The van der Waals surface area contributed by atoms with Crippen molar-refractivity contribution in [3.63, 3.8) is 0 Å². The third-order valence-corrected chi connectivity index (χ3v) is 9.86. The van der Waals surface area contributed by atoms with Gasteiger partial charge < -0.3 is 40.1 Å². The zero-order chi connectivity index (χ0) is 34.5. The van der Waals surface area contributed by atoms with Crippen molar-refractivity contribution in [2.45, 2.75) is 37.3 Å². The molecule has 4 aromatic rings. The van der Waals surface area contributed by atoms with Gasteiger partial charge in [-0.05, 0) is 69.8 Å². The Kier molecular flexibility index (Phi) is 15.1. The highest BCUT2D eigenvalue weighted by Gasteiger charge is 2.29. The van der Waals surface area contributed by atoms with Crippen LogP contribution in [0.4, 0.5) is 0 Å². The second-order valence-electron chi connectivity index (χ2n) is 11.7. The average Bonchev–Trinajstić information content (AvgIpc) is 3.85. The summed E-state index contributed by atoms with van der Waals surface area (Å²) in [6.45, 7) is 6.37. The van der Waals surface area contributed by atoms with Gasteiger partial charge in [-0.15, -0.1) is 22.7 Å². The van der Waals surface area contributed by atoms with Gasteiger partial charge in [-0.25, -0.2) is 9.59 Å². The molecule has 0 unspecified atom stereocenters. The second kappa shape index (κ2) is 19.2. The van der Waals surface area contributed by atoms with Crippen molar-refractivity contribution in [3.05, 3.63) is 70.4 Å². The van der Waals surface area contributed by atoms with Gasteiger partial charge in [0, 0.05) is 48.7 Å². The average molecular weight is 705 g/mol. The van der Waals surface area contributed by atoms with E-state index in [9.17, 15) is 20.4 Å². The molecule has 2 saturated heterocycles. The number of nitrogens with zero attached hydrogens (tertiary/aromatic N) is 2. The van der Waals surface area contributed by atoms with Crippen LogP contribution >= 0.6 is 22.7 Å². The van der Waals surface area contributed by atoms with Crippen LogP contribution in [0.1, 0.15) is 11.1 Å². The third kappa shape index (κ3) is 12.1. The van der Waals surface area contributed by atoms with E-state index in [0.717, 1.165) is 25.9 Å². The van der Waals surface area contributed by atoms with Crippen LogP contribution in [-0.2, 0) is 31.9 Å². The first kappa shape index (κ1) is 37.8. The first-order chi connectivity index (χ1) is 23.1. The zero-order valence-corrected chi connectivity index (χ0v) is 28.2. The second-order valence-corrected chi connectivity index (χ2v) is 13.6. The molecule has 4 heterocycles. The SMILES string of the molecule is O=C(O)C(=O)O.O[C@@H]1CN(CCOCCc2ccc3sccc3c2)C[C@H]1O.O[C@@H]1CN(CCOCCc2ccc3sccc3c2)C[C@H]1O. The van der Waals surface area contributed by atoms with Gasteiger partial charge in [-0.3, -0.25) is 9.80 Å². The monoisotopic (exact) mass is 704 g/mol. The van der Waals surface area contributed by atoms with Gasteiger partial charge in [0.15, 0.2) is 0 Å². The number of rotatable bonds is 12. The van der Waals surface area contributed by atoms with Crippen LogP contribution in [-0.4, -0.2) is 142 Å². The summed E-state index contributed by atoms with van der Waals surface area (Å²) in [6, 6.07) is 17.4. The fraction of sp³-hybridized carbons (Fsp3) is 0.471. The fourth-order valence-corrected chi connectivity index (χ4v) is 6.92. The van der Waals surface area contributed by atoms with Crippen LogP contribution < -0.4 is 0 Å². The van der Waals surface area contributed by atoms with Gasteiger partial charge >= 0.3 is 11.9 Å². The number of hydrogen-bond donors (Lipinski definition) is 6. The Balaban J connectivity index is 0.000000186. The van der Waals surface area contributed by atoms with Gasteiger partial charge in [-0.2, -0.15) is 0 Å². The molecule has 6 N–H and O–H groups in total. The number of aliphatic hydroxyl groups is 4. The van der Waals surface area contributed by atoms with Crippen molar-refractivity contribution in [1.82, 2.24) is 9.80 Å². The molecule has 48 heavy (non-hydrogen) atoms. The molecule has 12 nitrogen and oxygen atoms in total. The minimum absolute atomic E-state index is 0.541. The van der Waals surface area contributed by atoms with E-state index in [-0.39, 0.29) is 0 Å². The maximum atomic E-state index is 9.46. The molecule has 2 fully saturated rings. The summed E-state index contributed by atoms with van der Waals surface area (Å²) in [6.07, 6.45) is -0.608. The highest BCUT2D eigenvalue weighted by atomic mass is 32.1. The number of thiophene rings is 2. The van der Waals surface area contributed by atoms with Crippen LogP contribution in [0, 0.1) is 0 Å². The summed E-state index contributed by atoms with van der Waals surface area (Å²) in [7, 11) is 0. The highest BCUT2D eigenvalue weighted by Crippen LogP contribution is 2.23. The number of carboxylic acids is 2. The van der Waals surface area contributed by atoms with E-state index in [1.54, 1.807) is 22.7 Å². The lowest BCUT2D eigenvalue weighted by Crippen LogP contribution is -2.26. The molecule has 0 radical (unpaired) electrons. The Morgan fingerprint density at radius 2 is 0.979 bits per heavy atom. The van der Waals surface area contributed by atoms with Crippen LogP contribution in [0.5, 0.6) is 0 Å². The molecule has 0 aliphatic carbocycles. The molecule has 2 aromatic carbocycles. The molecule has 2 aliphatic heterocycles. The van der Waals surface area contributed by atoms with E-state index in [1.165, 1.54) is 31.3 Å². The molecule has 262 valence electrons. The number of aliphatic hydroxyl groups excluding tert-OH is 4. The first-order valence-corrected chi connectivity index (χ1v) is 17.6. The minimum Gasteiger partial charge on any atom is -0.473 e. The predicted molar refractivity (Wildman–Crippen MR) is 185 cm³/mol. The molecule has 0 saturated carbocycles. The van der Waals surface area contributed by atoms with Crippen LogP contribution in [0.3, 0.4) is 0 Å². The Morgan fingerprint density at radius 1 is 0.604 bits per heavy atom. The maximum absolute atomic E-state index is 9.46. The van der Waals surface area contributed by atoms with Crippen molar-refractivity contribution < 1.29 is 49.7 Å². The van der Waals surface area contributed by atoms with E-state index in [4.69, 9.17) is 29.3 Å². The molecule has 0 spiro atoms. The van der Waals surface area contributed by atoms with E-state index >= 15 is 0 Å². The van der Waals surface area contributed by atoms with E-state index in [0.29, 0.717) is 52.6 Å². The Hall–Kier alpha value is -3.02. The first-order valence-electron chi connectivity index (χ1n) is 15.8. The predicted octanol–water partition coefficient (Wildman–Crippen LogP) is 2.15. The topological polar surface area (TPSA) is 180 Å². The third-order valence-electron chi connectivity index (χ3n) is 8.06.